The minimum absolute atomic E-state index is 0.0967. The number of aliphatic hydroxyl groups is 1. The van der Waals surface area contributed by atoms with Gasteiger partial charge in [-0.3, -0.25) is 9.59 Å². The van der Waals surface area contributed by atoms with E-state index in [-0.39, 0.29) is 50.0 Å². The molecular weight excluding hydrogens is 1000 g/mol. The number of halogens is 12. The Labute approximate surface area is 426 Å². The third kappa shape index (κ3) is 8.67. The van der Waals surface area contributed by atoms with Crippen LogP contribution < -0.4 is 0 Å². The van der Waals surface area contributed by atoms with Crippen LogP contribution in [-0.4, -0.2) is 83.5 Å². The summed E-state index contributed by atoms with van der Waals surface area (Å²) in [6.07, 6.45) is -22.6. The summed E-state index contributed by atoms with van der Waals surface area (Å²) in [4.78, 5) is 30.1. The van der Waals surface area contributed by atoms with Crippen LogP contribution in [0.15, 0.2) is 0 Å². The van der Waals surface area contributed by atoms with E-state index in [9.17, 15) is 36.2 Å². The van der Waals surface area contributed by atoms with Gasteiger partial charge in [-0.05, 0) is 228 Å². The van der Waals surface area contributed by atoms with E-state index in [4.69, 9.17) is 18.9 Å². The molecule has 0 aromatic carbocycles. The maximum absolute atomic E-state index is 17.1. The molecule has 11 unspecified atom stereocenters. The van der Waals surface area contributed by atoms with Gasteiger partial charge in [-0.15, -0.1) is 0 Å². The molecule has 0 radical (unpaired) electrons. The van der Waals surface area contributed by atoms with Crippen LogP contribution >= 0.6 is 0 Å². The molecule has 0 amide bonds. The fraction of sp³-hybridized carbons (Fsp3) is 0.964. The molecule has 2 saturated heterocycles. The summed E-state index contributed by atoms with van der Waals surface area (Å²) in [5.41, 5.74) is -16.2. The molecule has 422 valence electrons. The summed E-state index contributed by atoms with van der Waals surface area (Å²) in [5.74, 6) is -7.58. The average molecular weight is 1080 g/mol. The predicted molar refractivity (Wildman–Crippen MR) is 243 cm³/mol. The summed E-state index contributed by atoms with van der Waals surface area (Å²) in [6, 6.07) is 0. The van der Waals surface area contributed by atoms with Gasteiger partial charge >= 0.3 is 36.6 Å². The van der Waals surface area contributed by atoms with E-state index in [1.165, 1.54) is 0 Å². The van der Waals surface area contributed by atoms with Crippen molar-refractivity contribution in [2.24, 2.45) is 92.7 Å². The van der Waals surface area contributed by atoms with E-state index in [2.05, 4.69) is 0 Å². The van der Waals surface area contributed by atoms with Gasteiger partial charge < -0.3 is 24.1 Å². The van der Waals surface area contributed by atoms with Crippen LogP contribution in [-0.2, 0) is 28.5 Å². The van der Waals surface area contributed by atoms with E-state index in [1.54, 1.807) is 34.6 Å². The lowest BCUT2D eigenvalue weighted by molar-refractivity contribution is -0.374. The lowest BCUT2D eigenvalue weighted by Crippen LogP contribution is -2.63. The van der Waals surface area contributed by atoms with E-state index >= 15 is 31.1 Å². The quantitative estimate of drug-likeness (QED) is 0.145. The Kier molecular flexibility index (Phi) is 13.3. The van der Waals surface area contributed by atoms with Crippen LogP contribution in [0.4, 0.5) is 52.7 Å². The molecule has 10 saturated carbocycles. The van der Waals surface area contributed by atoms with Gasteiger partial charge in [-0.1, -0.05) is 6.92 Å². The fourth-order valence-electron chi connectivity index (χ4n) is 19.3. The molecule has 0 aromatic rings. The van der Waals surface area contributed by atoms with E-state index in [1.807, 2.05) is 0 Å². The second-order valence-corrected chi connectivity index (χ2v) is 27.8. The molecule has 0 spiro atoms. The number of carbonyl (C=O) groups excluding carboxylic acids is 2. The summed E-state index contributed by atoms with van der Waals surface area (Å²) in [7, 11) is 0. The van der Waals surface area contributed by atoms with Crippen LogP contribution in [0.25, 0.3) is 0 Å². The molecule has 12 fully saturated rings. The molecular formula is C55H76F12O7. The minimum Gasteiger partial charge on any atom is -0.458 e. The highest BCUT2D eigenvalue weighted by atomic mass is 19.4. The molecule has 74 heavy (non-hydrogen) atoms. The SMILES string of the molecule is CC1CC2C3CC(CC(O)(C(F)(F)F)C(F)(F)F)C(C3)C2OC1CC(C(=O)OC(C)(C)C12CC3CC(CC(C3)C1)C2)(C1CCCOC1CC(C)(C(=O)OC(C)(C)C12CC3CC(CC(C3)C1)C2)C(F)(F)F)C(F)(F)F. The Morgan fingerprint density at radius 2 is 1.01 bits per heavy atom. The number of alkyl halides is 12. The van der Waals surface area contributed by atoms with Gasteiger partial charge in [-0.2, -0.15) is 52.7 Å². The second kappa shape index (κ2) is 17.7. The fourth-order valence-corrected chi connectivity index (χ4v) is 19.3. The van der Waals surface area contributed by atoms with Gasteiger partial charge in [0.1, 0.15) is 11.2 Å². The zero-order chi connectivity index (χ0) is 54.0. The topological polar surface area (TPSA) is 91.3 Å². The average Bonchev–Trinajstić information content (AvgIpc) is 3.81. The summed E-state index contributed by atoms with van der Waals surface area (Å²) in [6.45, 7) is 8.42. The molecule has 10 bridgehead atoms. The molecule has 10 aliphatic carbocycles. The Morgan fingerprint density at radius 3 is 1.45 bits per heavy atom. The van der Waals surface area contributed by atoms with Crippen molar-refractivity contribution >= 4 is 11.9 Å². The predicted octanol–water partition coefficient (Wildman–Crippen LogP) is 14.1. The van der Waals surface area contributed by atoms with E-state index in [0.29, 0.717) is 63.2 Å². The van der Waals surface area contributed by atoms with Crippen LogP contribution in [0.3, 0.4) is 0 Å². The van der Waals surface area contributed by atoms with Crippen molar-refractivity contribution in [3.63, 3.8) is 0 Å². The number of hydrogen-bond donors (Lipinski definition) is 1. The minimum atomic E-state index is -6.09. The highest BCUT2D eigenvalue weighted by molar-refractivity contribution is 5.80. The van der Waals surface area contributed by atoms with Crippen molar-refractivity contribution in [3.8, 4) is 0 Å². The van der Waals surface area contributed by atoms with Crippen LogP contribution in [0, 0.1) is 92.7 Å². The van der Waals surface area contributed by atoms with Crippen LogP contribution in [0.2, 0.25) is 0 Å². The Hall–Kier alpha value is -2.02. The van der Waals surface area contributed by atoms with E-state index < -0.39 is 155 Å². The molecule has 12 aliphatic rings. The second-order valence-electron chi connectivity index (χ2n) is 27.8. The van der Waals surface area contributed by atoms with Crippen LogP contribution in [0.1, 0.15) is 170 Å². The van der Waals surface area contributed by atoms with Crippen molar-refractivity contribution in [2.75, 3.05) is 6.61 Å². The van der Waals surface area contributed by atoms with Crippen molar-refractivity contribution < 1.29 is 86.3 Å². The van der Waals surface area contributed by atoms with Gasteiger partial charge in [0.15, 0.2) is 10.8 Å². The first-order valence-corrected chi connectivity index (χ1v) is 27.7. The van der Waals surface area contributed by atoms with Crippen molar-refractivity contribution in [2.45, 2.75) is 230 Å². The molecule has 7 nitrogen and oxygen atoms in total. The van der Waals surface area contributed by atoms with Gasteiger partial charge in [0.05, 0.1) is 18.3 Å². The normalized spacial score (nSPS) is 42.7. The summed E-state index contributed by atoms with van der Waals surface area (Å²) < 4.78 is 208. The number of esters is 2. The Balaban J connectivity index is 0.996. The monoisotopic (exact) mass is 1080 g/mol. The summed E-state index contributed by atoms with van der Waals surface area (Å²) in [5, 5.41) is 10.2. The highest BCUT2D eigenvalue weighted by Gasteiger charge is 2.75. The summed E-state index contributed by atoms with van der Waals surface area (Å²) >= 11 is 0. The first-order valence-electron chi connectivity index (χ1n) is 27.7. The largest absolute Gasteiger partial charge is 0.458 e. The molecule has 19 heteroatoms. The van der Waals surface area contributed by atoms with Gasteiger partial charge in [0, 0.05) is 23.4 Å². The Morgan fingerprint density at radius 1 is 0.554 bits per heavy atom. The Bertz CT molecular complexity index is 2060. The molecule has 11 atom stereocenters. The third-order valence-electron chi connectivity index (χ3n) is 22.8. The smallest absolute Gasteiger partial charge is 0.426 e. The zero-order valence-electron chi connectivity index (χ0n) is 43.4. The number of hydrogen-bond acceptors (Lipinski definition) is 7. The molecule has 1 N–H and O–H groups in total. The maximum Gasteiger partial charge on any atom is 0.426 e. The zero-order valence-corrected chi connectivity index (χ0v) is 43.4. The third-order valence-corrected chi connectivity index (χ3v) is 22.8. The molecule has 2 aliphatic heterocycles. The number of carbonyl (C=O) groups is 2. The standard InChI is InChI=1S/C55H76F12O7/c1-28-10-37-35-17-36(25-51(70,54(62,63)64)55(65,66)67)38(18-35)42(37)72-40(28)27-50(53(59,60)61,44(69)74-46(4,5)49-22-32-14-33(23-49)16-34(15-32)24-49)39-8-7-9-71-41(39)26-47(6,52(56,57)58)43(68)73-45(2,3)48-19-29-11-30(20-48)13-31(12-29)21-48/h28-42,70H,7-27H2,1-6H3. The number of ether oxygens (including phenoxy) is 4. The first kappa shape index (κ1) is 55.3. The van der Waals surface area contributed by atoms with Gasteiger partial charge in [0.2, 0.25) is 0 Å². The van der Waals surface area contributed by atoms with Gasteiger partial charge in [0.25, 0.3) is 5.60 Å². The number of fused-ring (bicyclic) bond motifs is 5. The van der Waals surface area contributed by atoms with Crippen molar-refractivity contribution in [1.29, 1.82) is 0 Å². The first-order chi connectivity index (χ1) is 34.0. The van der Waals surface area contributed by atoms with Crippen LogP contribution in [0.5, 0.6) is 0 Å². The number of rotatable bonds is 13. The van der Waals surface area contributed by atoms with Gasteiger partial charge in [-0.25, -0.2) is 0 Å². The van der Waals surface area contributed by atoms with E-state index in [0.717, 1.165) is 38.5 Å². The van der Waals surface area contributed by atoms with Crippen molar-refractivity contribution in [1.82, 2.24) is 0 Å². The lowest BCUT2D eigenvalue weighted by Gasteiger charge is -2.62. The van der Waals surface area contributed by atoms with Crippen molar-refractivity contribution in [3.05, 3.63) is 0 Å². The molecule has 12 rings (SSSR count). The lowest BCUT2D eigenvalue weighted by atomic mass is 9.46. The highest BCUT2D eigenvalue weighted by Crippen LogP contribution is 2.68. The molecule has 0 aromatic heterocycles. The maximum atomic E-state index is 17.1. The molecule has 2 heterocycles.